The van der Waals surface area contributed by atoms with Gasteiger partial charge in [-0.05, 0) is 31.4 Å². The third-order valence-electron chi connectivity index (χ3n) is 4.53. The molecule has 5 nitrogen and oxygen atoms in total. The Labute approximate surface area is 139 Å². The van der Waals surface area contributed by atoms with Crippen LogP contribution in [0, 0.1) is 0 Å². The number of ether oxygens (including phenoxy) is 2. The van der Waals surface area contributed by atoms with E-state index in [1.54, 1.807) is 0 Å². The molecule has 1 aromatic heterocycles. The van der Waals surface area contributed by atoms with Gasteiger partial charge >= 0.3 is 0 Å². The van der Waals surface area contributed by atoms with E-state index in [2.05, 4.69) is 23.2 Å². The zero-order valence-electron chi connectivity index (χ0n) is 13.4. The van der Waals surface area contributed by atoms with Gasteiger partial charge in [0.25, 0.3) is 0 Å². The van der Waals surface area contributed by atoms with Crippen LogP contribution in [0.2, 0.25) is 0 Å². The minimum atomic E-state index is 0.287. The van der Waals surface area contributed by atoms with Crippen molar-refractivity contribution >= 4 is 11.8 Å². The van der Waals surface area contributed by atoms with Crippen molar-refractivity contribution in [3.8, 4) is 22.8 Å². The first-order valence-electron chi connectivity index (χ1n) is 7.86. The largest absolute Gasteiger partial charge is 0.454 e. The van der Waals surface area contributed by atoms with E-state index in [1.165, 1.54) is 5.56 Å². The molecule has 2 aliphatic heterocycles. The van der Waals surface area contributed by atoms with Crippen LogP contribution in [-0.2, 0) is 13.0 Å². The number of benzene rings is 1. The molecular weight excluding hydrogens is 312 g/mol. The second kappa shape index (κ2) is 6.09. The Balaban J connectivity index is 1.64. The molecule has 4 rings (SSSR count). The Kier molecular flexibility index (Phi) is 3.95. The molecule has 1 atom stereocenters. The minimum Gasteiger partial charge on any atom is -0.454 e. The molecule has 0 fully saturated rings. The fourth-order valence-corrected chi connectivity index (χ4v) is 3.92. The lowest BCUT2D eigenvalue weighted by atomic mass is 10.0. The second-order valence-corrected chi connectivity index (χ2v) is 6.94. The molecular formula is C17H20N2O3S. The van der Waals surface area contributed by atoms with Crippen LogP contribution in [0.3, 0.4) is 0 Å². The van der Waals surface area contributed by atoms with E-state index in [-0.39, 0.29) is 6.79 Å². The summed E-state index contributed by atoms with van der Waals surface area (Å²) in [7, 11) is 0. The van der Waals surface area contributed by atoms with Crippen LogP contribution in [-0.4, -0.2) is 41.4 Å². The van der Waals surface area contributed by atoms with Crippen molar-refractivity contribution in [2.45, 2.75) is 25.9 Å². The minimum absolute atomic E-state index is 0.287. The molecule has 0 spiro atoms. The molecule has 2 aromatic rings. The second-order valence-electron chi connectivity index (χ2n) is 6.03. The van der Waals surface area contributed by atoms with E-state index in [4.69, 9.17) is 14.0 Å². The van der Waals surface area contributed by atoms with Gasteiger partial charge in [-0.1, -0.05) is 5.16 Å². The van der Waals surface area contributed by atoms with Crippen LogP contribution < -0.4 is 9.47 Å². The fourth-order valence-electron chi connectivity index (χ4n) is 3.22. The lowest BCUT2D eigenvalue weighted by Gasteiger charge is -2.31. The molecule has 23 heavy (non-hydrogen) atoms. The summed E-state index contributed by atoms with van der Waals surface area (Å²) < 4.78 is 16.5. The Morgan fingerprint density at radius 1 is 1.30 bits per heavy atom. The highest BCUT2D eigenvalue weighted by Gasteiger charge is 2.28. The van der Waals surface area contributed by atoms with Gasteiger partial charge in [0, 0.05) is 42.4 Å². The first kappa shape index (κ1) is 14.9. The molecule has 0 amide bonds. The van der Waals surface area contributed by atoms with E-state index in [0.717, 1.165) is 53.8 Å². The fraction of sp³-hybridized carbons (Fsp3) is 0.471. The highest BCUT2D eigenvalue weighted by atomic mass is 32.2. The molecule has 2 aliphatic rings. The summed E-state index contributed by atoms with van der Waals surface area (Å²) in [6.07, 6.45) is 3.08. The van der Waals surface area contributed by atoms with Gasteiger partial charge in [-0.2, -0.15) is 11.8 Å². The van der Waals surface area contributed by atoms with Crippen molar-refractivity contribution in [3.05, 3.63) is 29.5 Å². The summed E-state index contributed by atoms with van der Waals surface area (Å²) in [6, 6.07) is 6.51. The Bertz CT molecular complexity index is 716. The Morgan fingerprint density at radius 3 is 3.04 bits per heavy atom. The monoisotopic (exact) mass is 332 g/mol. The SMILES string of the molecule is CSC[C@H](C)N1CCc2onc(-c3ccc4c(c3)OCO4)c2C1. The van der Waals surface area contributed by atoms with Gasteiger partial charge in [0.05, 0.1) is 0 Å². The van der Waals surface area contributed by atoms with Crippen molar-refractivity contribution in [1.82, 2.24) is 10.1 Å². The van der Waals surface area contributed by atoms with E-state index >= 15 is 0 Å². The molecule has 0 saturated heterocycles. The van der Waals surface area contributed by atoms with Gasteiger partial charge in [0.15, 0.2) is 11.5 Å². The third kappa shape index (κ3) is 2.70. The number of rotatable bonds is 4. The smallest absolute Gasteiger partial charge is 0.231 e. The molecule has 6 heteroatoms. The van der Waals surface area contributed by atoms with Gasteiger partial charge < -0.3 is 14.0 Å². The maximum atomic E-state index is 5.59. The van der Waals surface area contributed by atoms with Crippen LogP contribution in [0.5, 0.6) is 11.5 Å². The summed E-state index contributed by atoms with van der Waals surface area (Å²) in [5, 5.41) is 4.33. The van der Waals surface area contributed by atoms with Gasteiger partial charge in [-0.15, -0.1) is 0 Å². The van der Waals surface area contributed by atoms with Crippen molar-refractivity contribution in [1.29, 1.82) is 0 Å². The molecule has 0 radical (unpaired) electrons. The number of thioether (sulfide) groups is 1. The first-order valence-corrected chi connectivity index (χ1v) is 9.26. The Morgan fingerprint density at radius 2 is 2.17 bits per heavy atom. The van der Waals surface area contributed by atoms with Gasteiger partial charge in [-0.25, -0.2) is 0 Å². The van der Waals surface area contributed by atoms with Crippen molar-refractivity contribution in [2.24, 2.45) is 0 Å². The normalized spacial score (nSPS) is 18.0. The highest BCUT2D eigenvalue weighted by molar-refractivity contribution is 7.98. The van der Waals surface area contributed by atoms with Gasteiger partial charge in [0.1, 0.15) is 11.5 Å². The first-order chi connectivity index (χ1) is 11.3. The Hall–Kier alpha value is -1.66. The molecule has 0 unspecified atom stereocenters. The summed E-state index contributed by atoms with van der Waals surface area (Å²) >= 11 is 1.89. The van der Waals surface area contributed by atoms with E-state index in [9.17, 15) is 0 Å². The van der Waals surface area contributed by atoms with Crippen LogP contribution in [0.15, 0.2) is 22.7 Å². The number of nitrogens with zero attached hydrogens (tertiary/aromatic N) is 2. The maximum absolute atomic E-state index is 5.59. The van der Waals surface area contributed by atoms with Crippen LogP contribution in [0.1, 0.15) is 18.2 Å². The van der Waals surface area contributed by atoms with Crippen LogP contribution >= 0.6 is 11.8 Å². The van der Waals surface area contributed by atoms with Crippen LogP contribution in [0.25, 0.3) is 11.3 Å². The number of aromatic nitrogens is 1. The predicted octanol–water partition coefficient (Wildman–Crippen LogP) is 3.18. The standard InChI is InChI=1S/C17H20N2O3S/c1-11(9-23-2)19-6-5-14-13(8-19)17(18-22-14)12-3-4-15-16(7-12)21-10-20-15/h3-4,7,11H,5-6,8-10H2,1-2H3/t11-/m0/s1. The number of hydrogen-bond acceptors (Lipinski definition) is 6. The van der Waals surface area contributed by atoms with Gasteiger partial charge in [-0.3, -0.25) is 4.90 Å². The molecule has 122 valence electrons. The number of hydrogen-bond donors (Lipinski definition) is 0. The molecule has 0 aliphatic carbocycles. The van der Waals surface area contributed by atoms with Crippen molar-refractivity contribution < 1.29 is 14.0 Å². The number of fused-ring (bicyclic) bond motifs is 2. The van der Waals surface area contributed by atoms with E-state index < -0.39 is 0 Å². The predicted molar refractivity (Wildman–Crippen MR) is 90.0 cm³/mol. The summed E-state index contributed by atoms with van der Waals surface area (Å²) in [5.74, 6) is 3.73. The average molecular weight is 332 g/mol. The lowest BCUT2D eigenvalue weighted by molar-refractivity contribution is 0.174. The zero-order valence-corrected chi connectivity index (χ0v) is 14.2. The molecule has 0 saturated carbocycles. The van der Waals surface area contributed by atoms with Crippen molar-refractivity contribution in [3.63, 3.8) is 0 Å². The van der Waals surface area contributed by atoms with Gasteiger partial charge in [0.2, 0.25) is 6.79 Å². The van der Waals surface area contributed by atoms with Crippen LogP contribution in [0.4, 0.5) is 0 Å². The molecule has 0 bridgehead atoms. The quantitative estimate of drug-likeness (QED) is 0.857. The highest BCUT2D eigenvalue weighted by Crippen LogP contribution is 2.38. The van der Waals surface area contributed by atoms with E-state index in [0.29, 0.717) is 6.04 Å². The zero-order chi connectivity index (χ0) is 15.8. The maximum Gasteiger partial charge on any atom is 0.231 e. The molecule has 1 aromatic carbocycles. The summed E-state index contributed by atoms with van der Waals surface area (Å²) in [5.41, 5.74) is 3.17. The summed E-state index contributed by atoms with van der Waals surface area (Å²) in [4.78, 5) is 2.51. The van der Waals surface area contributed by atoms with Crippen molar-refractivity contribution in [2.75, 3.05) is 25.3 Å². The molecule has 0 N–H and O–H groups in total. The molecule has 3 heterocycles. The van der Waals surface area contributed by atoms with E-state index in [1.807, 2.05) is 30.0 Å². The average Bonchev–Trinajstić information content (AvgIpc) is 3.20. The third-order valence-corrected chi connectivity index (χ3v) is 5.35. The summed E-state index contributed by atoms with van der Waals surface area (Å²) in [6.45, 7) is 4.50. The lowest BCUT2D eigenvalue weighted by Crippen LogP contribution is -2.38. The topological polar surface area (TPSA) is 47.7 Å².